The van der Waals surface area contributed by atoms with Crippen LogP contribution in [0.5, 0.6) is 5.75 Å². The number of carboxylic acid groups (broad SMARTS) is 1. The molecule has 1 atom stereocenters. The van der Waals surface area contributed by atoms with Crippen LogP contribution in [-0.2, 0) is 42.1 Å². The third-order valence-electron chi connectivity index (χ3n) is 7.03. The van der Waals surface area contributed by atoms with Gasteiger partial charge in [0.05, 0.1) is 23.3 Å². The largest absolute Gasteiger partial charge is 0.489 e. The van der Waals surface area contributed by atoms with Crippen molar-refractivity contribution >= 4 is 11.7 Å². The van der Waals surface area contributed by atoms with Crippen LogP contribution in [0.15, 0.2) is 84.1 Å². The van der Waals surface area contributed by atoms with Crippen LogP contribution in [0, 0.1) is 17.7 Å². The van der Waals surface area contributed by atoms with Gasteiger partial charge in [-0.2, -0.15) is 5.10 Å². The van der Waals surface area contributed by atoms with Gasteiger partial charge in [-0.05, 0) is 85.2 Å². The molecular formula is C34H38FN3O4. The summed E-state index contributed by atoms with van der Waals surface area (Å²) < 4.78 is 21.1. The molecule has 0 radical (unpaired) electrons. The zero-order valence-electron chi connectivity index (χ0n) is 24.6. The highest BCUT2D eigenvalue weighted by Crippen LogP contribution is 2.21. The zero-order chi connectivity index (χ0) is 30.1. The molecule has 3 aromatic carbocycles. The lowest BCUT2D eigenvalue weighted by molar-refractivity contribution is -0.139. The smallest absolute Gasteiger partial charge is 0.312 e. The number of ether oxygens (including phenoxy) is 1. The highest BCUT2D eigenvalue weighted by atomic mass is 19.1. The Morgan fingerprint density at radius 3 is 2.17 bits per heavy atom. The molecule has 0 fully saturated rings. The first-order valence-corrected chi connectivity index (χ1v) is 14.2. The van der Waals surface area contributed by atoms with Gasteiger partial charge in [-0.3, -0.25) is 4.79 Å². The van der Waals surface area contributed by atoms with Crippen molar-refractivity contribution in [2.45, 2.75) is 60.2 Å². The second kappa shape index (κ2) is 14.4. The quantitative estimate of drug-likeness (QED) is 0.128. The molecule has 1 aromatic heterocycles. The van der Waals surface area contributed by atoms with Gasteiger partial charge >= 0.3 is 5.97 Å². The van der Waals surface area contributed by atoms with Crippen molar-refractivity contribution in [1.29, 1.82) is 0 Å². The minimum atomic E-state index is -0.986. The summed E-state index contributed by atoms with van der Waals surface area (Å²) in [7, 11) is 0. The molecule has 1 N–H and O–H groups in total. The van der Waals surface area contributed by atoms with E-state index in [9.17, 15) is 14.3 Å². The van der Waals surface area contributed by atoms with E-state index >= 15 is 0 Å². The number of halogens is 1. The number of carboxylic acids is 1. The van der Waals surface area contributed by atoms with Crippen molar-refractivity contribution in [2.75, 3.05) is 0 Å². The van der Waals surface area contributed by atoms with Crippen molar-refractivity contribution in [2.24, 2.45) is 17.0 Å². The van der Waals surface area contributed by atoms with E-state index in [1.54, 1.807) is 19.1 Å². The Morgan fingerprint density at radius 2 is 1.55 bits per heavy atom. The lowest BCUT2D eigenvalue weighted by Gasteiger charge is -2.13. The maximum atomic E-state index is 13.1. The zero-order valence-corrected chi connectivity index (χ0v) is 24.6. The highest BCUT2D eigenvalue weighted by Gasteiger charge is 2.22. The lowest BCUT2D eigenvalue weighted by atomic mass is 9.95. The third kappa shape index (κ3) is 8.28. The van der Waals surface area contributed by atoms with Crippen LogP contribution in [0.1, 0.15) is 55.6 Å². The molecule has 0 saturated carbocycles. The topological polar surface area (TPSA) is 85.9 Å². The number of benzene rings is 3. The number of aliphatic carboxylic acids is 1. The molecule has 0 amide bonds. The monoisotopic (exact) mass is 571 g/mol. The summed E-state index contributed by atoms with van der Waals surface area (Å²) >= 11 is 0. The summed E-state index contributed by atoms with van der Waals surface area (Å²) in [4.78, 5) is 17.3. The number of aromatic nitrogens is 2. The van der Waals surface area contributed by atoms with Gasteiger partial charge < -0.3 is 14.7 Å². The summed E-state index contributed by atoms with van der Waals surface area (Å²) in [5.41, 5.74) is 6.40. The maximum Gasteiger partial charge on any atom is 0.312 e. The molecule has 0 aliphatic rings. The van der Waals surface area contributed by atoms with Crippen LogP contribution in [0.4, 0.5) is 4.39 Å². The van der Waals surface area contributed by atoms with Crippen LogP contribution in [0.25, 0.3) is 5.69 Å². The van der Waals surface area contributed by atoms with E-state index in [0.29, 0.717) is 24.0 Å². The van der Waals surface area contributed by atoms with Crippen molar-refractivity contribution < 1.29 is 23.9 Å². The lowest BCUT2D eigenvalue weighted by Crippen LogP contribution is -2.24. The van der Waals surface area contributed by atoms with Crippen LogP contribution < -0.4 is 4.74 Å². The van der Waals surface area contributed by atoms with Crippen molar-refractivity contribution in [1.82, 2.24) is 9.78 Å². The summed E-state index contributed by atoms with van der Waals surface area (Å²) in [6.45, 7) is 8.68. The first kappa shape index (κ1) is 30.5. The van der Waals surface area contributed by atoms with Crippen LogP contribution >= 0.6 is 0 Å². The van der Waals surface area contributed by atoms with Gasteiger partial charge in [0.1, 0.15) is 30.7 Å². The number of rotatable bonds is 14. The molecule has 4 aromatic rings. The summed E-state index contributed by atoms with van der Waals surface area (Å²) in [6.07, 6.45) is 3.98. The van der Waals surface area contributed by atoms with E-state index in [1.165, 1.54) is 17.7 Å². The molecule has 42 heavy (non-hydrogen) atoms. The Kier molecular flexibility index (Phi) is 10.5. The second-order valence-corrected chi connectivity index (χ2v) is 10.8. The summed E-state index contributed by atoms with van der Waals surface area (Å²) in [6, 6.07) is 21.8. The number of nitrogens with zero attached hydrogens (tertiary/aromatic N) is 3. The maximum absolute atomic E-state index is 13.1. The van der Waals surface area contributed by atoms with E-state index in [2.05, 4.69) is 55.3 Å². The van der Waals surface area contributed by atoms with Crippen molar-refractivity contribution in [3.05, 3.63) is 113 Å². The van der Waals surface area contributed by atoms with Gasteiger partial charge in [0.25, 0.3) is 0 Å². The van der Waals surface area contributed by atoms with E-state index in [4.69, 9.17) is 9.57 Å². The molecule has 0 spiro atoms. The van der Waals surface area contributed by atoms with Gasteiger partial charge in [0, 0.05) is 5.56 Å². The molecule has 1 unspecified atom stereocenters. The fourth-order valence-electron chi connectivity index (χ4n) is 4.76. The number of oxime groups is 1. The molecule has 220 valence electrons. The normalized spacial score (nSPS) is 12.4. The highest BCUT2D eigenvalue weighted by molar-refractivity contribution is 6.00. The van der Waals surface area contributed by atoms with Gasteiger partial charge in [-0.15, -0.1) is 0 Å². The van der Waals surface area contributed by atoms with Gasteiger partial charge in [0.15, 0.2) is 0 Å². The van der Waals surface area contributed by atoms with Crippen LogP contribution in [0.2, 0.25) is 0 Å². The molecule has 4 rings (SSSR count). The minimum absolute atomic E-state index is 0.124. The predicted octanol–water partition coefficient (Wildman–Crippen LogP) is 7.19. The van der Waals surface area contributed by atoms with E-state index < -0.39 is 11.9 Å². The molecule has 0 saturated heterocycles. The van der Waals surface area contributed by atoms with Crippen molar-refractivity contribution in [3.63, 3.8) is 0 Å². The fourth-order valence-corrected chi connectivity index (χ4v) is 4.76. The third-order valence-corrected chi connectivity index (χ3v) is 7.03. The summed E-state index contributed by atoms with van der Waals surface area (Å²) in [5, 5.41) is 18.4. The standard InChI is InChI=1S/C34H38FN3O4/c1-5-33-28(20-36-38(33)30-14-8-25(9-15-30)18-23(2)3)22-41-31-16-10-26(11-17-31)19-32(34(39)40)24(4)37-42-21-27-6-12-29(35)13-7-27/h6-17,20,23,32H,5,18-19,21-22H2,1-4H3,(H,39,40)/b37-24+. The van der Waals surface area contributed by atoms with Crippen LogP contribution in [-0.4, -0.2) is 26.6 Å². The molecular weight excluding hydrogens is 533 g/mol. The van der Waals surface area contributed by atoms with Gasteiger partial charge in [-0.25, -0.2) is 9.07 Å². The first-order chi connectivity index (χ1) is 20.2. The molecule has 0 bridgehead atoms. The Balaban J connectivity index is 1.35. The predicted molar refractivity (Wildman–Crippen MR) is 161 cm³/mol. The fraction of sp³-hybridized carbons (Fsp3) is 0.324. The molecule has 0 aliphatic carbocycles. The molecule has 0 aliphatic heterocycles. The molecule has 8 heteroatoms. The molecule has 7 nitrogen and oxygen atoms in total. The second-order valence-electron chi connectivity index (χ2n) is 10.8. The number of carbonyl (C=O) groups is 1. The van der Waals surface area contributed by atoms with Crippen LogP contribution in [0.3, 0.4) is 0 Å². The number of hydrogen-bond donors (Lipinski definition) is 1. The minimum Gasteiger partial charge on any atom is -0.489 e. The first-order valence-electron chi connectivity index (χ1n) is 14.2. The SMILES string of the molecule is CCc1c(COc2ccc(CC(C(=O)O)/C(C)=N/OCc3ccc(F)cc3)cc2)cnn1-c1ccc(CC(C)C)cc1. The van der Waals surface area contributed by atoms with Crippen molar-refractivity contribution in [3.8, 4) is 11.4 Å². The van der Waals surface area contributed by atoms with E-state index in [-0.39, 0.29) is 18.8 Å². The Hall–Kier alpha value is -4.46. The average molecular weight is 572 g/mol. The van der Waals surface area contributed by atoms with Gasteiger partial charge in [-0.1, -0.05) is 62.3 Å². The number of hydrogen-bond acceptors (Lipinski definition) is 5. The van der Waals surface area contributed by atoms with E-state index in [0.717, 1.165) is 40.9 Å². The Bertz CT molecular complexity index is 1480. The summed E-state index contributed by atoms with van der Waals surface area (Å²) in [5.74, 6) is -0.864. The Morgan fingerprint density at radius 1 is 0.929 bits per heavy atom. The Labute approximate surface area is 246 Å². The van der Waals surface area contributed by atoms with E-state index in [1.807, 2.05) is 35.1 Å². The average Bonchev–Trinajstić information content (AvgIpc) is 3.39. The van der Waals surface area contributed by atoms with Gasteiger partial charge in [0.2, 0.25) is 0 Å². The molecule has 1 heterocycles.